The number of hydrogen-bond acceptors (Lipinski definition) is 2. The molecule has 132 valence electrons. The number of aliphatic hydroxyl groups excluding tert-OH is 1. The molecule has 1 atom stereocenters. The number of rotatable bonds is 15. The van der Waals surface area contributed by atoms with Gasteiger partial charge < -0.3 is 10.2 Å². The predicted octanol–water partition coefficient (Wildman–Crippen LogP) is 5.41. The maximum absolute atomic E-state index is 10.4. The van der Waals surface area contributed by atoms with Crippen LogP contribution in [0.4, 0.5) is 0 Å². The van der Waals surface area contributed by atoms with Gasteiger partial charge in [0.2, 0.25) is 0 Å². The van der Waals surface area contributed by atoms with Gasteiger partial charge in [0.05, 0.1) is 0 Å². The van der Waals surface area contributed by atoms with E-state index in [2.05, 4.69) is 43.4 Å². The van der Waals surface area contributed by atoms with Gasteiger partial charge in [0.25, 0.3) is 0 Å². The van der Waals surface area contributed by atoms with Crippen LogP contribution < -0.4 is 0 Å². The van der Waals surface area contributed by atoms with Crippen LogP contribution in [0.25, 0.3) is 0 Å². The van der Waals surface area contributed by atoms with Crippen molar-refractivity contribution in [2.24, 2.45) is 0 Å². The van der Waals surface area contributed by atoms with Crippen molar-refractivity contribution in [1.29, 1.82) is 0 Å². The average Bonchev–Trinajstić information content (AvgIpc) is 2.54. The molecule has 0 rings (SSSR count). The monoisotopic (exact) mass is 322 g/mol. The van der Waals surface area contributed by atoms with Crippen molar-refractivity contribution in [3.8, 4) is 0 Å². The molecular formula is C20H34O3. The molecule has 0 radical (unpaired) electrons. The second kappa shape index (κ2) is 17.0. The zero-order valence-electron chi connectivity index (χ0n) is 14.6. The summed E-state index contributed by atoms with van der Waals surface area (Å²) in [6.45, 7) is 2.15. The smallest absolute Gasteiger partial charge is 0.332 e. The van der Waals surface area contributed by atoms with Crippen molar-refractivity contribution in [3.05, 3.63) is 36.5 Å². The van der Waals surface area contributed by atoms with Gasteiger partial charge in [-0.1, -0.05) is 75.5 Å². The van der Waals surface area contributed by atoms with Gasteiger partial charge in [-0.05, 0) is 38.5 Å². The van der Waals surface area contributed by atoms with Gasteiger partial charge >= 0.3 is 5.97 Å². The standard InChI is InChI=1S/C20H34O3/c1-2-3-4-5-6-7-8-9-10-11-12-13-14-15-16-17-18-19(21)20(22)23/h3-4,6-7,9-10,19,21H,2,5,8,11-18H2,1H3,(H,22,23)/b4-3-,7-6-,10-9-. The van der Waals surface area contributed by atoms with Crippen LogP contribution in [0.3, 0.4) is 0 Å². The third kappa shape index (κ3) is 16.8. The lowest BCUT2D eigenvalue weighted by Crippen LogP contribution is -2.18. The van der Waals surface area contributed by atoms with Gasteiger partial charge in [-0.25, -0.2) is 4.79 Å². The van der Waals surface area contributed by atoms with Crippen LogP contribution in [-0.4, -0.2) is 22.3 Å². The maximum Gasteiger partial charge on any atom is 0.332 e. The summed E-state index contributed by atoms with van der Waals surface area (Å²) in [6, 6.07) is 0. The fourth-order valence-corrected chi connectivity index (χ4v) is 2.26. The first-order valence-electron chi connectivity index (χ1n) is 9.04. The van der Waals surface area contributed by atoms with Gasteiger partial charge in [-0.15, -0.1) is 0 Å². The SMILES string of the molecule is CC/C=C\C/C=C\C/C=C\CCCCCCCCC(O)C(=O)O. The summed E-state index contributed by atoms with van der Waals surface area (Å²) in [7, 11) is 0. The highest BCUT2D eigenvalue weighted by atomic mass is 16.4. The molecule has 2 N–H and O–H groups in total. The molecular weight excluding hydrogens is 288 g/mol. The molecule has 0 heterocycles. The summed E-state index contributed by atoms with van der Waals surface area (Å²) in [5, 5.41) is 17.7. The molecule has 0 bridgehead atoms. The van der Waals surface area contributed by atoms with E-state index >= 15 is 0 Å². The molecule has 0 fully saturated rings. The van der Waals surface area contributed by atoms with Crippen LogP contribution in [0.15, 0.2) is 36.5 Å². The first-order valence-corrected chi connectivity index (χ1v) is 9.04. The fraction of sp³-hybridized carbons (Fsp3) is 0.650. The molecule has 0 spiro atoms. The normalized spacial score (nSPS) is 13.5. The average molecular weight is 322 g/mol. The Bertz CT molecular complexity index is 356. The van der Waals surface area contributed by atoms with Gasteiger partial charge in [0, 0.05) is 0 Å². The Kier molecular flexibility index (Phi) is 16.0. The first-order chi connectivity index (χ1) is 11.2. The number of carbonyl (C=O) groups is 1. The number of aliphatic carboxylic acids is 1. The fourth-order valence-electron chi connectivity index (χ4n) is 2.26. The van der Waals surface area contributed by atoms with E-state index in [9.17, 15) is 4.79 Å². The second-order valence-corrected chi connectivity index (χ2v) is 5.85. The van der Waals surface area contributed by atoms with Crippen molar-refractivity contribution in [1.82, 2.24) is 0 Å². The molecule has 3 nitrogen and oxygen atoms in total. The third-order valence-corrected chi connectivity index (χ3v) is 3.66. The van der Waals surface area contributed by atoms with E-state index in [-0.39, 0.29) is 0 Å². The Morgan fingerprint density at radius 2 is 1.35 bits per heavy atom. The molecule has 0 saturated heterocycles. The molecule has 0 aromatic carbocycles. The number of hydrogen-bond donors (Lipinski definition) is 2. The van der Waals surface area contributed by atoms with E-state index in [0.717, 1.165) is 44.9 Å². The maximum atomic E-state index is 10.4. The molecule has 3 heteroatoms. The topological polar surface area (TPSA) is 57.5 Å². The highest BCUT2D eigenvalue weighted by Crippen LogP contribution is 2.10. The van der Waals surface area contributed by atoms with Crippen molar-refractivity contribution < 1.29 is 15.0 Å². The molecule has 23 heavy (non-hydrogen) atoms. The minimum atomic E-state index is -1.18. The summed E-state index contributed by atoms with van der Waals surface area (Å²) in [5.74, 6) is -1.11. The molecule has 0 saturated carbocycles. The quantitative estimate of drug-likeness (QED) is 0.313. The van der Waals surface area contributed by atoms with Crippen molar-refractivity contribution in [2.75, 3.05) is 0 Å². The zero-order valence-corrected chi connectivity index (χ0v) is 14.6. The highest BCUT2D eigenvalue weighted by Gasteiger charge is 2.11. The van der Waals surface area contributed by atoms with Gasteiger partial charge in [0.15, 0.2) is 6.10 Å². The Hall–Kier alpha value is -1.35. The summed E-state index contributed by atoms with van der Waals surface area (Å²) in [5.41, 5.74) is 0. The van der Waals surface area contributed by atoms with E-state index < -0.39 is 12.1 Å². The second-order valence-electron chi connectivity index (χ2n) is 5.85. The Balaban J connectivity index is 3.28. The zero-order chi connectivity index (χ0) is 17.2. The lowest BCUT2D eigenvalue weighted by Gasteiger charge is -2.04. The number of carboxylic acids is 1. The van der Waals surface area contributed by atoms with E-state index in [1.165, 1.54) is 19.3 Å². The minimum absolute atomic E-state index is 0.375. The van der Waals surface area contributed by atoms with E-state index in [4.69, 9.17) is 10.2 Å². The van der Waals surface area contributed by atoms with Gasteiger partial charge in [-0.3, -0.25) is 0 Å². The van der Waals surface area contributed by atoms with Crippen LogP contribution >= 0.6 is 0 Å². The third-order valence-electron chi connectivity index (χ3n) is 3.66. The molecule has 0 aliphatic heterocycles. The van der Waals surface area contributed by atoms with Crippen LogP contribution in [-0.2, 0) is 4.79 Å². The molecule has 0 amide bonds. The number of allylic oxidation sites excluding steroid dienone is 6. The van der Waals surface area contributed by atoms with Gasteiger partial charge in [0.1, 0.15) is 0 Å². The highest BCUT2D eigenvalue weighted by molar-refractivity contribution is 5.71. The van der Waals surface area contributed by atoms with Crippen LogP contribution in [0, 0.1) is 0 Å². The summed E-state index contributed by atoms with van der Waals surface area (Å²) in [6.07, 6.45) is 23.4. The van der Waals surface area contributed by atoms with Crippen LogP contribution in [0.2, 0.25) is 0 Å². The Morgan fingerprint density at radius 3 is 1.96 bits per heavy atom. The number of unbranched alkanes of at least 4 members (excludes halogenated alkanes) is 6. The summed E-state index contributed by atoms with van der Waals surface area (Å²) < 4.78 is 0. The molecule has 0 aliphatic rings. The largest absolute Gasteiger partial charge is 0.479 e. The van der Waals surface area contributed by atoms with E-state index in [1.807, 2.05) is 0 Å². The molecule has 0 aliphatic carbocycles. The van der Waals surface area contributed by atoms with Crippen molar-refractivity contribution >= 4 is 5.97 Å². The van der Waals surface area contributed by atoms with Crippen LogP contribution in [0.1, 0.15) is 77.6 Å². The van der Waals surface area contributed by atoms with E-state index in [0.29, 0.717) is 6.42 Å². The van der Waals surface area contributed by atoms with Crippen LogP contribution in [0.5, 0.6) is 0 Å². The summed E-state index contributed by atoms with van der Waals surface area (Å²) >= 11 is 0. The Labute approximate surface area is 141 Å². The Morgan fingerprint density at radius 1 is 0.826 bits per heavy atom. The van der Waals surface area contributed by atoms with Gasteiger partial charge in [-0.2, -0.15) is 0 Å². The van der Waals surface area contributed by atoms with E-state index in [1.54, 1.807) is 0 Å². The lowest BCUT2D eigenvalue weighted by molar-refractivity contribution is -0.146. The molecule has 0 aromatic heterocycles. The van der Waals surface area contributed by atoms with Crippen molar-refractivity contribution in [2.45, 2.75) is 83.7 Å². The molecule has 0 aromatic rings. The van der Waals surface area contributed by atoms with Crippen molar-refractivity contribution in [3.63, 3.8) is 0 Å². The molecule has 1 unspecified atom stereocenters. The minimum Gasteiger partial charge on any atom is -0.479 e. The first kappa shape index (κ1) is 21.6. The number of aliphatic hydroxyl groups is 1. The lowest BCUT2D eigenvalue weighted by atomic mass is 10.1. The predicted molar refractivity (Wildman–Crippen MR) is 97.5 cm³/mol. The summed E-state index contributed by atoms with van der Waals surface area (Å²) in [4.78, 5) is 10.4. The number of carboxylic acid groups (broad SMARTS) is 1.